The lowest BCUT2D eigenvalue weighted by molar-refractivity contribution is 0.197. The molecule has 0 aliphatic rings. The summed E-state index contributed by atoms with van der Waals surface area (Å²) >= 11 is 0. The third-order valence-corrected chi connectivity index (χ3v) is 2.66. The van der Waals surface area contributed by atoms with E-state index in [1.165, 1.54) is 6.07 Å². The summed E-state index contributed by atoms with van der Waals surface area (Å²) in [6, 6.07) is 6.36. The molecule has 1 N–H and O–H groups in total. The van der Waals surface area contributed by atoms with E-state index in [1.807, 2.05) is 13.8 Å². The molecule has 4 heteroatoms. The Balaban J connectivity index is 2.51. The second-order valence-electron chi connectivity index (χ2n) is 4.24. The molecule has 0 fully saturated rings. The Bertz CT molecular complexity index is 376. The number of hydrogen-bond acceptors (Lipinski definition) is 1. The van der Waals surface area contributed by atoms with Gasteiger partial charge in [-0.1, -0.05) is 32.0 Å². The molecule has 1 aromatic rings. The zero-order chi connectivity index (χ0) is 13.4. The van der Waals surface area contributed by atoms with Crippen LogP contribution in [0.4, 0.5) is 9.18 Å². The Morgan fingerprint density at radius 1 is 1.22 bits per heavy atom. The van der Waals surface area contributed by atoms with Gasteiger partial charge in [-0.3, -0.25) is 0 Å². The van der Waals surface area contributed by atoms with Crippen molar-refractivity contribution in [3.63, 3.8) is 0 Å². The fourth-order valence-electron chi connectivity index (χ4n) is 1.78. The number of benzene rings is 1. The van der Waals surface area contributed by atoms with Crippen LogP contribution in [0.2, 0.25) is 0 Å². The standard InChI is InChI=1S/C14H21FN2O/c1-3-9-17(10-4-2)14(18)16-11-12-7-5-6-8-13(12)15/h5-8H,3-4,9-11H2,1-2H3,(H,16,18). The number of carbonyl (C=O) groups excluding carboxylic acids is 1. The lowest BCUT2D eigenvalue weighted by Gasteiger charge is -2.21. The van der Waals surface area contributed by atoms with Gasteiger partial charge in [0.1, 0.15) is 5.82 Å². The van der Waals surface area contributed by atoms with Crippen LogP contribution in [0.3, 0.4) is 0 Å². The molecule has 0 spiro atoms. The van der Waals surface area contributed by atoms with Crippen molar-refractivity contribution in [2.75, 3.05) is 13.1 Å². The fourth-order valence-corrected chi connectivity index (χ4v) is 1.78. The van der Waals surface area contributed by atoms with E-state index < -0.39 is 0 Å². The number of hydrogen-bond donors (Lipinski definition) is 1. The van der Waals surface area contributed by atoms with Crippen molar-refractivity contribution >= 4 is 6.03 Å². The minimum atomic E-state index is -0.282. The molecule has 2 amide bonds. The number of nitrogens with one attached hydrogen (secondary N) is 1. The van der Waals surface area contributed by atoms with Gasteiger partial charge in [0.15, 0.2) is 0 Å². The highest BCUT2D eigenvalue weighted by molar-refractivity contribution is 5.74. The van der Waals surface area contributed by atoms with Crippen LogP contribution in [-0.4, -0.2) is 24.0 Å². The summed E-state index contributed by atoms with van der Waals surface area (Å²) in [6.07, 6.45) is 1.85. The molecule has 0 atom stereocenters. The molecule has 0 bridgehead atoms. The largest absolute Gasteiger partial charge is 0.334 e. The summed E-state index contributed by atoms with van der Waals surface area (Å²) in [4.78, 5) is 13.7. The second-order valence-corrected chi connectivity index (χ2v) is 4.24. The van der Waals surface area contributed by atoms with Crippen LogP contribution in [0, 0.1) is 5.82 Å². The minimum absolute atomic E-state index is 0.123. The van der Waals surface area contributed by atoms with Gasteiger partial charge < -0.3 is 10.2 Å². The molecule has 0 aliphatic heterocycles. The Labute approximate surface area is 108 Å². The van der Waals surface area contributed by atoms with Gasteiger partial charge in [0.05, 0.1) is 0 Å². The van der Waals surface area contributed by atoms with E-state index in [-0.39, 0.29) is 18.4 Å². The van der Waals surface area contributed by atoms with Gasteiger partial charge in [-0.2, -0.15) is 0 Å². The van der Waals surface area contributed by atoms with Crippen LogP contribution < -0.4 is 5.32 Å². The molecule has 0 aliphatic carbocycles. The predicted octanol–water partition coefficient (Wildman–Crippen LogP) is 3.16. The first-order chi connectivity index (χ1) is 8.69. The third-order valence-electron chi connectivity index (χ3n) is 2.66. The van der Waals surface area contributed by atoms with Gasteiger partial charge in [0, 0.05) is 25.2 Å². The van der Waals surface area contributed by atoms with Crippen LogP contribution in [0.15, 0.2) is 24.3 Å². The molecule has 0 saturated carbocycles. The highest BCUT2D eigenvalue weighted by Crippen LogP contribution is 2.06. The monoisotopic (exact) mass is 252 g/mol. The molecule has 100 valence electrons. The number of amides is 2. The van der Waals surface area contributed by atoms with Crippen molar-refractivity contribution in [1.29, 1.82) is 0 Å². The van der Waals surface area contributed by atoms with E-state index >= 15 is 0 Å². The van der Waals surface area contributed by atoms with Gasteiger partial charge in [-0.25, -0.2) is 9.18 Å². The van der Waals surface area contributed by atoms with Crippen molar-refractivity contribution in [2.45, 2.75) is 33.2 Å². The van der Waals surface area contributed by atoms with Crippen LogP contribution in [0.5, 0.6) is 0 Å². The van der Waals surface area contributed by atoms with Gasteiger partial charge in [-0.15, -0.1) is 0 Å². The first kappa shape index (κ1) is 14.5. The highest BCUT2D eigenvalue weighted by Gasteiger charge is 2.11. The molecule has 18 heavy (non-hydrogen) atoms. The van der Waals surface area contributed by atoms with E-state index in [1.54, 1.807) is 23.1 Å². The van der Waals surface area contributed by atoms with Crippen LogP contribution in [-0.2, 0) is 6.54 Å². The fraction of sp³-hybridized carbons (Fsp3) is 0.500. The Hall–Kier alpha value is -1.58. The summed E-state index contributed by atoms with van der Waals surface area (Å²) in [6.45, 7) is 5.77. The molecular weight excluding hydrogens is 231 g/mol. The SMILES string of the molecule is CCCN(CCC)C(=O)NCc1ccccc1F. The third kappa shape index (κ3) is 4.35. The number of rotatable bonds is 6. The molecule has 0 aromatic heterocycles. The Kier molecular flexibility index (Phi) is 6.19. The summed E-state index contributed by atoms with van der Waals surface area (Å²) in [5.74, 6) is -0.282. The predicted molar refractivity (Wildman–Crippen MR) is 70.8 cm³/mol. The van der Waals surface area contributed by atoms with Crippen LogP contribution in [0.25, 0.3) is 0 Å². The average molecular weight is 252 g/mol. The quantitative estimate of drug-likeness (QED) is 0.828. The first-order valence-corrected chi connectivity index (χ1v) is 6.45. The van der Waals surface area contributed by atoms with Gasteiger partial charge in [-0.05, 0) is 18.9 Å². The summed E-state index contributed by atoms with van der Waals surface area (Å²) in [5, 5.41) is 2.76. The maximum absolute atomic E-state index is 13.4. The second kappa shape index (κ2) is 7.69. The van der Waals surface area contributed by atoms with Gasteiger partial charge in [0.2, 0.25) is 0 Å². The maximum atomic E-state index is 13.4. The summed E-state index contributed by atoms with van der Waals surface area (Å²) in [7, 11) is 0. The van der Waals surface area contributed by atoms with E-state index in [9.17, 15) is 9.18 Å². The summed E-state index contributed by atoms with van der Waals surface area (Å²) in [5.41, 5.74) is 0.513. The zero-order valence-electron chi connectivity index (χ0n) is 11.1. The number of carbonyl (C=O) groups is 1. The number of nitrogens with zero attached hydrogens (tertiary/aromatic N) is 1. The van der Waals surface area contributed by atoms with Crippen molar-refractivity contribution in [3.8, 4) is 0 Å². The summed E-state index contributed by atoms with van der Waals surface area (Å²) < 4.78 is 13.4. The maximum Gasteiger partial charge on any atom is 0.317 e. The molecule has 0 saturated heterocycles. The van der Waals surface area contributed by atoms with Crippen molar-refractivity contribution < 1.29 is 9.18 Å². The van der Waals surface area contributed by atoms with Crippen LogP contribution >= 0.6 is 0 Å². The molecule has 1 aromatic carbocycles. The lowest BCUT2D eigenvalue weighted by atomic mass is 10.2. The lowest BCUT2D eigenvalue weighted by Crippen LogP contribution is -2.40. The molecule has 0 radical (unpaired) electrons. The topological polar surface area (TPSA) is 32.3 Å². The van der Waals surface area contributed by atoms with E-state index in [4.69, 9.17) is 0 Å². The number of urea groups is 1. The van der Waals surface area contributed by atoms with E-state index in [2.05, 4.69) is 5.32 Å². The van der Waals surface area contributed by atoms with E-state index in [0.29, 0.717) is 5.56 Å². The smallest absolute Gasteiger partial charge is 0.317 e. The van der Waals surface area contributed by atoms with Crippen molar-refractivity contribution in [3.05, 3.63) is 35.6 Å². The van der Waals surface area contributed by atoms with Gasteiger partial charge in [0.25, 0.3) is 0 Å². The molecular formula is C14H21FN2O. The average Bonchev–Trinajstić information content (AvgIpc) is 2.37. The Morgan fingerprint density at radius 3 is 2.39 bits per heavy atom. The van der Waals surface area contributed by atoms with E-state index in [0.717, 1.165) is 25.9 Å². The molecule has 0 unspecified atom stereocenters. The molecule has 1 rings (SSSR count). The zero-order valence-corrected chi connectivity index (χ0v) is 11.1. The normalized spacial score (nSPS) is 10.2. The first-order valence-electron chi connectivity index (χ1n) is 6.45. The molecule has 3 nitrogen and oxygen atoms in total. The number of halogens is 1. The van der Waals surface area contributed by atoms with Crippen molar-refractivity contribution in [1.82, 2.24) is 10.2 Å². The Morgan fingerprint density at radius 2 is 1.83 bits per heavy atom. The minimum Gasteiger partial charge on any atom is -0.334 e. The van der Waals surface area contributed by atoms with Crippen molar-refractivity contribution in [2.24, 2.45) is 0 Å². The highest BCUT2D eigenvalue weighted by atomic mass is 19.1. The van der Waals surface area contributed by atoms with Crippen LogP contribution in [0.1, 0.15) is 32.3 Å². The molecule has 0 heterocycles. The van der Waals surface area contributed by atoms with Gasteiger partial charge >= 0.3 is 6.03 Å².